The molecule has 0 amide bonds. The number of hydrogen-bond donors (Lipinski definition) is 1. The highest BCUT2D eigenvalue weighted by atomic mass is 32.1. The predicted molar refractivity (Wildman–Crippen MR) is 66.3 cm³/mol. The van der Waals surface area contributed by atoms with Gasteiger partial charge in [0.15, 0.2) is 0 Å². The minimum atomic E-state index is -0.223. The normalized spacial score (nSPS) is 13.2. The summed E-state index contributed by atoms with van der Waals surface area (Å²) in [4.78, 5) is 4.46. The third-order valence-corrected chi connectivity index (χ3v) is 3.90. The molecule has 2 nitrogen and oxygen atoms in total. The Morgan fingerprint density at radius 2 is 2.31 bits per heavy atom. The van der Waals surface area contributed by atoms with Crippen LogP contribution in [0.4, 0.5) is 4.39 Å². The Labute approximate surface area is 98.3 Å². The molecule has 1 heterocycles. The smallest absolute Gasteiger partial charge is 0.125 e. The summed E-state index contributed by atoms with van der Waals surface area (Å²) in [6.07, 6.45) is 2.05. The Balaban J connectivity index is 2.25. The van der Waals surface area contributed by atoms with Crippen LogP contribution in [-0.2, 0) is 0 Å². The fourth-order valence-corrected chi connectivity index (χ4v) is 2.71. The largest absolute Gasteiger partial charge is 0.330 e. The van der Waals surface area contributed by atoms with Gasteiger partial charge in [0.2, 0.25) is 0 Å². The molecule has 16 heavy (non-hydrogen) atoms. The molecule has 0 saturated carbocycles. The number of halogens is 1. The lowest BCUT2D eigenvalue weighted by molar-refractivity contribution is 0.628. The zero-order chi connectivity index (χ0) is 11.5. The van der Waals surface area contributed by atoms with Crippen LogP contribution in [-0.4, -0.2) is 11.5 Å². The van der Waals surface area contributed by atoms with Crippen LogP contribution < -0.4 is 5.73 Å². The van der Waals surface area contributed by atoms with E-state index in [9.17, 15) is 4.39 Å². The average Bonchev–Trinajstić information content (AvgIpc) is 2.68. The lowest BCUT2D eigenvalue weighted by atomic mass is 10.1. The number of benzene rings is 1. The first kappa shape index (κ1) is 11.5. The molecular formula is C12H15FN2S. The van der Waals surface area contributed by atoms with E-state index in [1.54, 1.807) is 17.4 Å². The number of aromatic nitrogens is 1. The molecule has 0 bridgehead atoms. The van der Waals surface area contributed by atoms with Gasteiger partial charge in [0.05, 0.1) is 15.2 Å². The zero-order valence-electron chi connectivity index (χ0n) is 9.24. The Morgan fingerprint density at radius 1 is 1.50 bits per heavy atom. The van der Waals surface area contributed by atoms with Crippen LogP contribution in [0.2, 0.25) is 0 Å². The van der Waals surface area contributed by atoms with Crippen molar-refractivity contribution < 1.29 is 4.39 Å². The van der Waals surface area contributed by atoms with Crippen LogP contribution in [0.25, 0.3) is 10.2 Å². The van der Waals surface area contributed by atoms with E-state index >= 15 is 0 Å². The summed E-state index contributed by atoms with van der Waals surface area (Å²) >= 11 is 1.65. The van der Waals surface area contributed by atoms with Crippen molar-refractivity contribution in [3.05, 3.63) is 29.0 Å². The standard InChI is InChI=1S/C12H15FN2S/c1-8(3-2-6-14)12-15-10-7-9(13)4-5-11(10)16-12/h4-5,7-8H,2-3,6,14H2,1H3. The van der Waals surface area contributed by atoms with Crippen LogP contribution in [0.1, 0.15) is 30.7 Å². The third-order valence-electron chi connectivity index (χ3n) is 2.63. The maximum Gasteiger partial charge on any atom is 0.125 e. The fraction of sp³-hybridized carbons (Fsp3) is 0.417. The van der Waals surface area contributed by atoms with Gasteiger partial charge in [-0.1, -0.05) is 6.92 Å². The highest BCUT2D eigenvalue weighted by Crippen LogP contribution is 2.29. The van der Waals surface area contributed by atoms with E-state index < -0.39 is 0 Å². The number of nitrogens with zero attached hydrogens (tertiary/aromatic N) is 1. The summed E-state index contributed by atoms with van der Waals surface area (Å²) in [5.41, 5.74) is 6.25. The van der Waals surface area contributed by atoms with Gasteiger partial charge in [0.1, 0.15) is 5.82 Å². The average molecular weight is 238 g/mol. The second kappa shape index (κ2) is 4.89. The number of fused-ring (bicyclic) bond motifs is 1. The molecule has 0 saturated heterocycles. The van der Waals surface area contributed by atoms with E-state index in [0.29, 0.717) is 12.5 Å². The summed E-state index contributed by atoms with van der Waals surface area (Å²) in [7, 11) is 0. The summed E-state index contributed by atoms with van der Waals surface area (Å²) < 4.78 is 14.0. The van der Waals surface area contributed by atoms with Crippen LogP contribution in [0.15, 0.2) is 18.2 Å². The summed E-state index contributed by atoms with van der Waals surface area (Å²) in [5, 5.41) is 1.08. The van der Waals surface area contributed by atoms with Gasteiger partial charge in [-0.3, -0.25) is 0 Å². The first-order chi connectivity index (χ1) is 7.70. The van der Waals surface area contributed by atoms with Crippen molar-refractivity contribution in [3.63, 3.8) is 0 Å². The van der Waals surface area contributed by atoms with Gasteiger partial charge in [-0.15, -0.1) is 11.3 Å². The second-order valence-corrected chi connectivity index (χ2v) is 5.06. The third kappa shape index (κ3) is 2.39. The molecular weight excluding hydrogens is 223 g/mol. The van der Waals surface area contributed by atoms with E-state index in [-0.39, 0.29) is 5.82 Å². The number of thiazole rings is 1. The first-order valence-electron chi connectivity index (χ1n) is 5.46. The molecule has 0 aliphatic heterocycles. The molecule has 0 spiro atoms. The molecule has 1 aromatic carbocycles. The van der Waals surface area contributed by atoms with Crippen molar-refractivity contribution in [1.82, 2.24) is 4.98 Å². The van der Waals surface area contributed by atoms with Crippen molar-refractivity contribution >= 4 is 21.6 Å². The summed E-state index contributed by atoms with van der Waals surface area (Å²) in [5.74, 6) is 0.183. The van der Waals surface area contributed by atoms with Crippen LogP contribution >= 0.6 is 11.3 Å². The van der Waals surface area contributed by atoms with Crippen molar-refractivity contribution in [2.45, 2.75) is 25.7 Å². The number of hydrogen-bond acceptors (Lipinski definition) is 3. The van der Waals surface area contributed by atoms with Crippen molar-refractivity contribution in [2.24, 2.45) is 5.73 Å². The minimum absolute atomic E-state index is 0.223. The Hall–Kier alpha value is -1.00. The lowest BCUT2D eigenvalue weighted by Gasteiger charge is -2.05. The first-order valence-corrected chi connectivity index (χ1v) is 6.28. The van der Waals surface area contributed by atoms with Gasteiger partial charge in [-0.25, -0.2) is 9.37 Å². The van der Waals surface area contributed by atoms with Gasteiger partial charge in [-0.05, 0) is 31.5 Å². The van der Waals surface area contributed by atoms with Crippen LogP contribution in [0, 0.1) is 5.82 Å². The molecule has 0 aliphatic carbocycles. The van der Waals surface area contributed by atoms with E-state index in [1.165, 1.54) is 12.1 Å². The molecule has 0 radical (unpaired) electrons. The summed E-state index contributed by atoms with van der Waals surface area (Å²) in [6.45, 7) is 2.85. The van der Waals surface area contributed by atoms with Gasteiger partial charge in [0.25, 0.3) is 0 Å². The molecule has 0 aliphatic rings. The van der Waals surface area contributed by atoms with E-state index in [2.05, 4.69) is 11.9 Å². The zero-order valence-corrected chi connectivity index (χ0v) is 10.1. The molecule has 1 atom stereocenters. The molecule has 86 valence electrons. The van der Waals surface area contributed by atoms with E-state index in [4.69, 9.17) is 5.73 Å². The van der Waals surface area contributed by atoms with Gasteiger partial charge >= 0.3 is 0 Å². The molecule has 4 heteroatoms. The van der Waals surface area contributed by atoms with Crippen molar-refractivity contribution in [3.8, 4) is 0 Å². The van der Waals surface area contributed by atoms with Crippen LogP contribution in [0.3, 0.4) is 0 Å². The molecule has 2 aromatic rings. The molecule has 2 N–H and O–H groups in total. The lowest BCUT2D eigenvalue weighted by Crippen LogP contribution is -2.01. The Kier molecular flexibility index (Phi) is 3.51. The topological polar surface area (TPSA) is 38.9 Å². The molecule has 1 unspecified atom stereocenters. The minimum Gasteiger partial charge on any atom is -0.330 e. The number of rotatable bonds is 4. The van der Waals surface area contributed by atoms with E-state index in [0.717, 1.165) is 28.1 Å². The predicted octanol–water partition coefficient (Wildman–Crippen LogP) is 3.28. The maximum absolute atomic E-state index is 13.0. The molecule has 1 aromatic heterocycles. The van der Waals surface area contributed by atoms with E-state index in [1.807, 2.05) is 0 Å². The Bertz CT molecular complexity index is 481. The monoisotopic (exact) mass is 238 g/mol. The van der Waals surface area contributed by atoms with Gasteiger partial charge in [-0.2, -0.15) is 0 Å². The highest BCUT2D eigenvalue weighted by molar-refractivity contribution is 7.18. The van der Waals surface area contributed by atoms with Gasteiger partial charge in [0, 0.05) is 12.0 Å². The maximum atomic E-state index is 13.0. The second-order valence-electron chi connectivity index (χ2n) is 4.00. The van der Waals surface area contributed by atoms with Crippen molar-refractivity contribution in [1.29, 1.82) is 0 Å². The summed E-state index contributed by atoms with van der Waals surface area (Å²) in [6, 6.07) is 4.77. The van der Waals surface area contributed by atoms with Crippen molar-refractivity contribution in [2.75, 3.05) is 6.54 Å². The SMILES string of the molecule is CC(CCCN)c1nc2cc(F)ccc2s1. The number of nitrogens with two attached hydrogens (primary N) is 1. The van der Waals surface area contributed by atoms with Gasteiger partial charge < -0.3 is 5.73 Å². The molecule has 0 fully saturated rings. The highest BCUT2D eigenvalue weighted by Gasteiger charge is 2.11. The van der Waals surface area contributed by atoms with Crippen LogP contribution in [0.5, 0.6) is 0 Å². The quantitative estimate of drug-likeness (QED) is 0.887. The fourth-order valence-electron chi connectivity index (χ4n) is 1.68. The molecule has 2 rings (SSSR count). The Morgan fingerprint density at radius 3 is 3.06 bits per heavy atom.